The third-order valence-corrected chi connectivity index (χ3v) is 17.7. The Morgan fingerprint density at radius 2 is 0.600 bits per heavy atom. The van der Waals surface area contributed by atoms with Gasteiger partial charge in [0.05, 0.1) is 33.4 Å². The number of nitrogens with zero attached hydrogens (tertiary/aromatic N) is 2. The van der Waals surface area contributed by atoms with Gasteiger partial charge in [-0.1, -0.05) is 188 Å². The van der Waals surface area contributed by atoms with Gasteiger partial charge in [0.2, 0.25) is 0 Å². The molecule has 0 aliphatic carbocycles. The number of H-pyrrole nitrogens is 4. The standard InChI is InChI=1S/C82H58N6O2/c1-51-21-20-36-75(87-71-32-16-12-28-59(71)60-29-13-17-33-72(60)87)81(51)90-58-49-52(2)82(76(50-58)88-73-34-18-14-30-61(73)62-31-15-19-35-74(62)88)89-57-39-37-56(38-40-57)80-69-47-45-67(85-69)78(54-24-8-4-9-25-54)65-43-41-63(83-65)77(53-22-6-3-7-23-53)64-42-44-66(84-64)79(55-26-10-5-11-27-55)68-46-48-70(80)86-68/h3-50,83-86H,1-2H3. The lowest BCUT2D eigenvalue weighted by Crippen LogP contribution is -2.19. The van der Waals surface area contributed by atoms with Crippen LogP contribution in [-0.4, -0.2) is 29.1 Å². The molecule has 17 rings (SSSR count). The Labute approximate surface area is 518 Å². The van der Waals surface area contributed by atoms with Crippen molar-refractivity contribution in [1.82, 2.24) is 29.1 Å². The summed E-state index contributed by atoms with van der Waals surface area (Å²) < 4.78 is 19.2. The number of ether oxygens (including phenoxy) is 2. The first-order chi connectivity index (χ1) is 44.5. The monoisotopic (exact) mass is 1160 g/mol. The fraction of sp³-hybridized carbons (Fsp3) is 0.0244. The minimum atomic E-state index is 0.689. The molecule has 16 aromatic rings. The Bertz CT molecular complexity index is 5630. The first-order valence-corrected chi connectivity index (χ1v) is 30.6. The fourth-order valence-electron chi connectivity index (χ4n) is 13.7. The van der Waals surface area contributed by atoms with Gasteiger partial charge in [0.25, 0.3) is 0 Å². The van der Waals surface area contributed by atoms with Crippen molar-refractivity contribution in [3.8, 4) is 34.4 Å². The maximum absolute atomic E-state index is 7.30. The van der Waals surface area contributed by atoms with Gasteiger partial charge < -0.3 is 38.5 Å². The van der Waals surface area contributed by atoms with Crippen molar-refractivity contribution in [2.75, 3.05) is 0 Å². The average Bonchev–Trinajstić information content (AvgIpc) is 1.65. The van der Waals surface area contributed by atoms with Crippen molar-refractivity contribution in [3.63, 3.8) is 0 Å². The second-order valence-electron chi connectivity index (χ2n) is 23.2. The van der Waals surface area contributed by atoms with E-state index in [9.17, 15) is 0 Å². The largest absolute Gasteiger partial charge is 0.455 e. The summed E-state index contributed by atoms with van der Waals surface area (Å²) in [5.74, 6) is 2.88. The Hall–Kier alpha value is -12.0. The van der Waals surface area contributed by atoms with Crippen molar-refractivity contribution < 1.29 is 9.47 Å². The highest BCUT2D eigenvalue weighted by molar-refractivity contribution is 6.10. The topological polar surface area (TPSA) is 91.5 Å². The molecule has 0 amide bonds. The minimum Gasteiger partial charge on any atom is -0.455 e. The fourth-order valence-corrected chi connectivity index (χ4v) is 13.7. The van der Waals surface area contributed by atoms with Gasteiger partial charge in [-0.25, -0.2) is 0 Å². The number of nitrogens with one attached hydrogen (secondary N) is 4. The molecule has 0 saturated carbocycles. The van der Waals surface area contributed by atoms with E-state index in [1.54, 1.807) is 0 Å². The Balaban J connectivity index is 0.827. The van der Waals surface area contributed by atoms with Crippen molar-refractivity contribution in [2.24, 2.45) is 0 Å². The molecule has 1 aliphatic rings. The molecular formula is C82H58N6O2. The van der Waals surface area contributed by atoms with Gasteiger partial charge in [-0.05, 0) is 144 Å². The second kappa shape index (κ2) is 21.4. The number of hydrogen-bond donors (Lipinski definition) is 4. The van der Waals surface area contributed by atoms with Crippen molar-refractivity contribution in [2.45, 2.75) is 13.8 Å². The minimum absolute atomic E-state index is 0.689. The van der Waals surface area contributed by atoms with Crippen molar-refractivity contribution >= 4 is 65.9 Å². The summed E-state index contributed by atoms with van der Waals surface area (Å²) in [6.07, 6.45) is 0. The molecule has 6 aromatic heterocycles. The van der Waals surface area contributed by atoms with Crippen LogP contribution >= 0.6 is 0 Å². The van der Waals surface area contributed by atoms with Crippen LogP contribution in [0.25, 0.3) is 77.3 Å². The maximum atomic E-state index is 7.30. The number of benzene rings is 10. The third-order valence-electron chi connectivity index (χ3n) is 17.7. The smallest absolute Gasteiger partial charge is 0.154 e. The molecule has 8 nitrogen and oxygen atoms in total. The van der Waals surface area contributed by atoms with E-state index in [-0.39, 0.29) is 0 Å². The molecular weight excluding hydrogens is 1100 g/mol. The van der Waals surface area contributed by atoms with Crippen LogP contribution in [0.5, 0.6) is 23.0 Å². The van der Waals surface area contributed by atoms with Crippen LogP contribution in [0, 0.1) is 13.8 Å². The molecule has 0 saturated heterocycles. The van der Waals surface area contributed by atoms with E-state index in [0.29, 0.717) is 11.5 Å². The number of aromatic nitrogens is 6. The van der Waals surface area contributed by atoms with Gasteiger partial charge in [-0.3, -0.25) is 0 Å². The lowest BCUT2D eigenvalue weighted by molar-refractivity contribution is 0.462. The van der Waals surface area contributed by atoms with Crippen molar-refractivity contribution in [3.05, 3.63) is 369 Å². The van der Waals surface area contributed by atoms with E-state index in [4.69, 9.17) is 9.47 Å². The highest BCUT2D eigenvalue weighted by atomic mass is 16.5. The van der Waals surface area contributed by atoms with Gasteiger partial charge in [-0.15, -0.1) is 0 Å². The predicted molar refractivity (Wildman–Crippen MR) is 365 cm³/mol. The van der Waals surface area contributed by atoms with E-state index in [1.165, 1.54) is 10.8 Å². The van der Waals surface area contributed by atoms with Crippen LogP contribution < -0.4 is 30.9 Å². The number of aryl methyl sites for hydroxylation is 2. The molecule has 0 spiro atoms. The molecule has 8 heteroatoms. The van der Waals surface area contributed by atoms with Crippen LogP contribution in [0.2, 0.25) is 0 Å². The van der Waals surface area contributed by atoms with E-state index in [0.717, 1.165) is 156 Å². The van der Waals surface area contributed by atoms with Crippen LogP contribution in [-0.2, 0) is 0 Å². The predicted octanol–water partition coefficient (Wildman–Crippen LogP) is 16.7. The van der Waals surface area contributed by atoms with Crippen LogP contribution in [0.4, 0.5) is 0 Å². The number of para-hydroxylation sites is 5. The van der Waals surface area contributed by atoms with Crippen LogP contribution in [0.3, 0.4) is 0 Å². The molecule has 4 N–H and O–H groups in total. The lowest BCUT2D eigenvalue weighted by atomic mass is 10.0. The molecule has 10 aromatic carbocycles. The molecule has 0 fully saturated rings. The molecule has 428 valence electrons. The molecule has 8 bridgehead atoms. The first kappa shape index (κ1) is 52.3. The van der Waals surface area contributed by atoms with Gasteiger partial charge in [0.15, 0.2) is 11.5 Å². The molecule has 1 aliphatic heterocycles. The van der Waals surface area contributed by atoms with E-state index < -0.39 is 0 Å². The maximum Gasteiger partial charge on any atom is 0.154 e. The van der Waals surface area contributed by atoms with Gasteiger partial charge in [-0.2, -0.15) is 0 Å². The quantitative estimate of drug-likeness (QED) is 0.110. The highest BCUT2D eigenvalue weighted by Gasteiger charge is 2.24. The first-order valence-electron chi connectivity index (χ1n) is 30.6. The highest BCUT2D eigenvalue weighted by Crippen LogP contribution is 2.44. The second-order valence-corrected chi connectivity index (χ2v) is 23.2. The van der Waals surface area contributed by atoms with Gasteiger partial charge >= 0.3 is 0 Å². The summed E-state index contributed by atoms with van der Waals surface area (Å²) in [6, 6.07) is 103. The zero-order valence-corrected chi connectivity index (χ0v) is 49.4. The summed E-state index contributed by atoms with van der Waals surface area (Å²) in [6.45, 7) is 4.24. The van der Waals surface area contributed by atoms with E-state index in [2.05, 4.69) is 334 Å². The molecule has 7 heterocycles. The summed E-state index contributed by atoms with van der Waals surface area (Å²) in [7, 11) is 0. The zero-order valence-electron chi connectivity index (χ0n) is 49.4. The Kier molecular flexibility index (Phi) is 12.5. The van der Waals surface area contributed by atoms with Crippen molar-refractivity contribution in [1.29, 1.82) is 0 Å². The summed E-state index contributed by atoms with van der Waals surface area (Å²) in [5.41, 5.74) is 20.5. The van der Waals surface area contributed by atoms with E-state index in [1.807, 2.05) is 0 Å². The molecule has 0 unspecified atom stereocenters. The van der Waals surface area contributed by atoms with Crippen LogP contribution in [0.15, 0.2) is 291 Å². The van der Waals surface area contributed by atoms with Crippen LogP contribution in [0.1, 0.15) is 56.2 Å². The number of rotatable bonds is 10. The summed E-state index contributed by atoms with van der Waals surface area (Å²) in [5, 5.41) is 8.62. The van der Waals surface area contributed by atoms with Gasteiger partial charge in [0, 0.05) is 94.1 Å². The average molecular weight is 1160 g/mol. The normalized spacial score (nSPS) is 12.5. The summed E-state index contributed by atoms with van der Waals surface area (Å²) >= 11 is 0. The summed E-state index contributed by atoms with van der Waals surface area (Å²) in [4.78, 5) is 15.8. The Morgan fingerprint density at radius 1 is 0.256 bits per heavy atom. The molecule has 0 atom stereocenters. The Morgan fingerprint density at radius 3 is 1.01 bits per heavy atom. The molecule has 0 radical (unpaired) electrons. The van der Waals surface area contributed by atoms with E-state index >= 15 is 0 Å². The number of aromatic amines is 4. The zero-order chi connectivity index (χ0) is 59.8. The molecule has 90 heavy (non-hydrogen) atoms. The number of hydrogen-bond acceptors (Lipinski definition) is 2. The lowest BCUT2D eigenvalue weighted by Gasteiger charge is -2.21. The SMILES string of the molecule is Cc1cccc(-n2c3ccccc3c3ccccc32)c1Oc1cc(C)c(Oc2ccc(C3=c4ccc([nH]4)=C(c4ccccc4)c4ccc([nH]4)C(c4ccccc4)=c4ccc([nH]4)=C(c4ccccc4)c4ccc3[nH]4)cc2)c(-n2c3ccccc3c3ccccc32)c1. The number of fused-ring (bicyclic) bond motifs is 14. The third kappa shape index (κ3) is 8.83. The van der Waals surface area contributed by atoms with Gasteiger partial charge in [0.1, 0.15) is 11.5 Å².